The third kappa shape index (κ3) is 5.51. The number of aromatic amines is 2. The van der Waals surface area contributed by atoms with E-state index in [2.05, 4.69) is 44.6 Å². The van der Waals surface area contributed by atoms with Crippen LogP contribution < -0.4 is 16.3 Å². The molecule has 124 valence electrons. The van der Waals surface area contributed by atoms with E-state index in [0.717, 1.165) is 32.5 Å². The standard InChI is InChI=1S/C14H26N6O2/c1-10(2)9-20-5-3-11(4-6-20)7-15-13(21)16-8-12-17-14(22)19-18-12/h10-11H,3-9H2,1-2H3,(H2,15,16,21)(H2,17,18,19,22). The van der Waals surface area contributed by atoms with E-state index in [1.165, 1.54) is 0 Å². The highest BCUT2D eigenvalue weighted by Crippen LogP contribution is 2.17. The van der Waals surface area contributed by atoms with Crippen molar-refractivity contribution in [1.82, 2.24) is 30.7 Å². The van der Waals surface area contributed by atoms with Gasteiger partial charge in [-0.05, 0) is 37.8 Å². The molecule has 0 radical (unpaired) electrons. The minimum atomic E-state index is -0.370. The molecule has 1 aromatic rings. The predicted molar refractivity (Wildman–Crippen MR) is 83.4 cm³/mol. The lowest BCUT2D eigenvalue weighted by molar-refractivity contribution is 0.166. The lowest BCUT2D eigenvalue weighted by Gasteiger charge is -2.33. The smallest absolute Gasteiger partial charge is 0.338 e. The lowest BCUT2D eigenvalue weighted by Crippen LogP contribution is -2.42. The summed E-state index contributed by atoms with van der Waals surface area (Å²) in [7, 11) is 0. The molecule has 0 spiro atoms. The lowest BCUT2D eigenvalue weighted by atomic mass is 9.96. The summed E-state index contributed by atoms with van der Waals surface area (Å²) in [5.74, 6) is 1.66. The van der Waals surface area contributed by atoms with Crippen LogP contribution in [0.3, 0.4) is 0 Å². The average Bonchev–Trinajstić information content (AvgIpc) is 2.89. The van der Waals surface area contributed by atoms with Crippen molar-refractivity contribution in [3.05, 3.63) is 16.3 Å². The Hall–Kier alpha value is -1.83. The molecule has 0 saturated carbocycles. The number of nitrogens with one attached hydrogen (secondary N) is 4. The van der Waals surface area contributed by atoms with Crippen LogP contribution in [0.2, 0.25) is 0 Å². The van der Waals surface area contributed by atoms with Crippen LogP contribution in [-0.2, 0) is 6.54 Å². The Labute approximate surface area is 130 Å². The number of aromatic nitrogens is 3. The Kier molecular flexibility index (Phi) is 6.00. The summed E-state index contributed by atoms with van der Waals surface area (Å²) in [5, 5.41) is 11.5. The van der Waals surface area contributed by atoms with Crippen LogP contribution in [0.4, 0.5) is 4.79 Å². The summed E-state index contributed by atoms with van der Waals surface area (Å²) < 4.78 is 0. The van der Waals surface area contributed by atoms with Crippen LogP contribution in [0.25, 0.3) is 0 Å². The maximum absolute atomic E-state index is 11.7. The van der Waals surface area contributed by atoms with Gasteiger partial charge in [0.1, 0.15) is 5.82 Å². The Morgan fingerprint density at radius 1 is 1.36 bits per heavy atom. The van der Waals surface area contributed by atoms with E-state index in [4.69, 9.17) is 0 Å². The molecule has 4 N–H and O–H groups in total. The number of amides is 2. The molecule has 22 heavy (non-hydrogen) atoms. The highest BCUT2D eigenvalue weighted by Gasteiger charge is 2.19. The van der Waals surface area contributed by atoms with Crippen molar-refractivity contribution in [3.8, 4) is 0 Å². The molecular formula is C14H26N6O2. The fourth-order valence-electron chi connectivity index (χ4n) is 2.74. The molecule has 0 atom stereocenters. The summed E-state index contributed by atoms with van der Waals surface area (Å²) in [5.41, 5.74) is -0.370. The Morgan fingerprint density at radius 3 is 2.68 bits per heavy atom. The minimum Gasteiger partial charge on any atom is -0.338 e. The molecule has 1 aliphatic heterocycles. The fraction of sp³-hybridized carbons (Fsp3) is 0.786. The Morgan fingerprint density at radius 2 is 2.09 bits per heavy atom. The van der Waals surface area contributed by atoms with Gasteiger partial charge in [-0.15, -0.1) is 0 Å². The van der Waals surface area contributed by atoms with Crippen molar-refractivity contribution in [2.75, 3.05) is 26.2 Å². The largest absolute Gasteiger partial charge is 0.340 e. The van der Waals surface area contributed by atoms with Gasteiger partial charge in [0, 0.05) is 13.1 Å². The SMILES string of the molecule is CC(C)CN1CCC(CNC(=O)NCc2n[nH]c(=O)[nH]2)CC1. The molecule has 0 unspecified atom stereocenters. The molecule has 0 bridgehead atoms. The van der Waals surface area contributed by atoms with Gasteiger partial charge in [0.25, 0.3) is 0 Å². The molecule has 2 amide bonds. The first-order chi connectivity index (χ1) is 10.5. The number of H-pyrrole nitrogens is 2. The second kappa shape index (κ2) is 7.98. The topological polar surface area (TPSA) is 106 Å². The number of carbonyl (C=O) groups is 1. The normalized spacial score (nSPS) is 16.9. The van der Waals surface area contributed by atoms with Crippen molar-refractivity contribution in [3.63, 3.8) is 0 Å². The summed E-state index contributed by atoms with van der Waals surface area (Å²) >= 11 is 0. The number of rotatable bonds is 6. The first-order valence-electron chi connectivity index (χ1n) is 7.90. The molecule has 1 aliphatic rings. The van der Waals surface area contributed by atoms with Gasteiger partial charge in [-0.3, -0.25) is 4.98 Å². The van der Waals surface area contributed by atoms with Gasteiger partial charge in [0.15, 0.2) is 0 Å². The maximum atomic E-state index is 11.7. The number of hydrogen-bond acceptors (Lipinski definition) is 4. The molecule has 2 rings (SSSR count). The molecule has 8 heteroatoms. The first-order valence-corrected chi connectivity index (χ1v) is 7.90. The molecule has 2 heterocycles. The van der Waals surface area contributed by atoms with Crippen LogP contribution in [0.1, 0.15) is 32.5 Å². The van der Waals surface area contributed by atoms with Gasteiger partial charge in [-0.2, -0.15) is 5.10 Å². The van der Waals surface area contributed by atoms with Gasteiger partial charge in [0.2, 0.25) is 0 Å². The monoisotopic (exact) mass is 310 g/mol. The average molecular weight is 310 g/mol. The van der Waals surface area contributed by atoms with Crippen LogP contribution in [0, 0.1) is 11.8 Å². The highest BCUT2D eigenvalue weighted by atomic mass is 16.2. The van der Waals surface area contributed by atoms with Gasteiger partial charge < -0.3 is 15.5 Å². The number of likely N-dealkylation sites (tertiary alicyclic amines) is 1. The van der Waals surface area contributed by atoms with Crippen molar-refractivity contribution < 1.29 is 4.79 Å². The minimum absolute atomic E-state index is 0.206. The summed E-state index contributed by atoms with van der Waals surface area (Å²) in [6.45, 7) is 8.76. The number of hydrogen-bond donors (Lipinski definition) is 4. The summed E-state index contributed by atoms with van der Waals surface area (Å²) in [6.07, 6.45) is 2.25. The molecular weight excluding hydrogens is 284 g/mol. The van der Waals surface area contributed by atoms with Gasteiger partial charge in [-0.25, -0.2) is 14.7 Å². The zero-order valence-electron chi connectivity index (χ0n) is 13.3. The van der Waals surface area contributed by atoms with E-state index < -0.39 is 0 Å². The maximum Gasteiger partial charge on any atom is 0.340 e. The number of piperidine rings is 1. The zero-order valence-corrected chi connectivity index (χ0v) is 13.3. The number of nitrogens with zero attached hydrogens (tertiary/aromatic N) is 2. The molecule has 8 nitrogen and oxygen atoms in total. The predicted octanol–water partition coefficient (Wildman–Crippen LogP) is 0.265. The quantitative estimate of drug-likeness (QED) is 0.605. The van der Waals surface area contributed by atoms with E-state index in [1.54, 1.807) is 0 Å². The number of carbonyl (C=O) groups excluding carboxylic acids is 1. The molecule has 0 aromatic carbocycles. The van der Waals surface area contributed by atoms with Crippen LogP contribution in [0.15, 0.2) is 4.79 Å². The van der Waals surface area contributed by atoms with Gasteiger partial charge in [-0.1, -0.05) is 13.8 Å². The first kappa shape index (κ1) is 16.5. The van der Waals surface area contributed by atoms with Crippen molar-refractivity contribution in [2.24, 2.45) is 11.8 Å². The van der Waals surface area contributed by atoms with E-state index in [0.29, 0.717) is 24.2 Å². The van der Waals surface area contributed by atoms with E-state index >= 15 is 0 Å². The fourth-order valence-corrected chi connectivity index (χ4v) is 2.74. The molecule has 1 saturated heterocycles. The van der Waals surface area contributed by atoms with Crippen molar-refractivity contribution in [2.45, 2.75) is 33.2 Å². The van der Waals surface area contributed by atoms with E-state index in [1.807, 2.05) is 0 Å². The molecule has 1 aromatic heterocycles. The third-order valence-corrected chi connectivity index (χ3v) is 3.85. The molecule has 1 fully saturated rings. The van der Waals surface area contributed by atoms with Crippen molar-refractivity contribution >= 4 is 6.03 Å². The second-order valence-corrected chi connectivity index (χ2v) is 6.33. The van der Waals surface area contributed by atoms with Crippen molar-refractivity contribution in [1.29, 1.82) is 0 Å². The van der Waals surface area contributed by atoms with Crippen LogP contribution >= 0.6 is 0 Å². The van der Waals surface area contributed by atoms with Gasteiger partial charge in [0.05, 0.1) is 6.54 Å². The summed E-state index contributed by atoms with van der Waals surface area (Å²) in [4.78, 5) is 27.5. The third-order valence-electron chi connectivity index (χ3n) is 3.85. The van der Waals surface area contributed by atoms with Crippen LogP contribution in [0.5, 0.6) is 0 Å². The Bertz CT molecular complexity index is 515. The highest BCUT2D eigenvalue weighted by molar-refractivity contribution is 5.73. The summed E-state index contributed by atoms with van der Waals surface area (Å²) in [6, 6.07) is -0.228. The van der Waals surface area contributed by atoms with Gasteiger partial charge >= 0.3 is 11.7 Å². The van der Waals surface area contributed by atoms with E-state index in [-0.39, 0.29) is 18.3 Å². The number of urea groups is 1. The zero-order chi connectivity index (χ0) is 15.9. The second-order valence-electron chi connectivity index (χ2n) is 6.33. The molecule has 0 aliphatic carbocycles. The Balaban J connectivity index is 1.60. The van der Waals surface area contributed by atoms with Crippen LogP contribution in [-0.4, -0.2) is 52.3 Å². The van der Waals surface area contributed by atoms with E-state index in [9.17, 15) is 9.59 Å².